The minimum Gasteiger partial charge on any atom is -0.383 e. The van der Waals surface area contributed by atoms with Gasteiger partial charge in [-0.3, -0.25) is 4.90 Å². The monoisotopic (exact) mass is 284 g/mol. The van der Waals surface area contributed by atoms with E-state index in [0.717, 1.165) is 6.54 Å². The fourth-order valence-electron chi connectivity index (χ4n) is 2.17. The van der Waals surface area contributed by atoms with Crippen LogP contribution in [-0.4, -0.2) is 51.5 Å². The van der Waals surface area contributed by atoms with Crippen LogP contribution in [0.25, 0.3) is 0 Å². The van der Waals surface area contributed by atoms with Crippen LogP contribution in [0.1, 0.15) is 18.5 Å². The smallest absolute Gasteiger partial charge is 0.128 e. The lowest BCUT2D eigenvalue weighted by atomic mass is 10.1. The van der Waals surface area contributed by atoms with E-state index in [2.05, 4.69) is 11.8 Å². The molecule has 20 heavy (non-hydrogen) atoms. The second-order valence-corrected chi connectivity index (χ2v) is 4.92. The molecule has 1 aromatic carbocycles. The first-order valence-electron chi connectivity index (χ1n) is 6.82. The summed E-state index contributed by atoms with van der Waals surface area (Å²) >= 11 is 0. The van der Waals surface area contributed by atoms with Crippen molar-refractivity contribution in [3.8, 4) is 0 Å². The topological polar surface area (TPSA) is 47.7 Å². The van der Waals surface area contributed by atoms with E-state index in [4.69, 9.17) is 15.2 Å². The van der Waals surface area contributed by atoms with E-state index in [9.17, 15) is 4.39 Å². The molecule has 0 fully saturated rings. The average Bonchev–Trinajstić information content (AvgIpc) is 2.43. The lowest BCUT2D eigenvalue weighted by Gasteiger charge is -2.31. The van der Waals surface area contributed by atoms with Crippen LogP contribution >= 0.6 is 0 Å². The van der Waals surface area contributed by atoms with E-state index >= 15 is 0 Å². The van der Waals surface area contributed by atoms with E-state index < -0.39 is 0 Å². The van der Waals surface area contributed by atoms with Gasteiger partial charge in [0, 0.05) is 45.0 Å². The molecule has 0 aliphatic carbocycles. The molecule has 0 radical (unpaired) electrons. The van der Waals surface area contributed by atoms with Crippen LogP contribution < -0.4 is 5.73 Å². The molecule has 114 valence electrons. The van der Waals surface area contributed by atoms with Gasteiger partial charge in [0.05, 0.1) is 13.2 Å². The van der Waals surface area contributed by atoms with Gasteiger partial charge in [-0.15, -0.1) is 0 Å². The van der Waals surface area contributed by atoms with Crippen molar-refractivity contribution in [3.05, 3.63) is 35.6 Å². The fraction of sp³-hybridized carbons (Fsp3) is 0.600. The number of methoxy groups -OCH3 is 2. The van der Waals surface area contributed by atoms with E-state index in [1.807, 2.05) is 0 Å². The molecule has 5 heteroatoms. The predicted molar refractivity (Wildman–Crippen MR) is 78.1 cm³/mol. The summed E-state index contributed by atoms with van der Waals surface area (Å²) in [6.45, 7) is 4.58. The zero-order valence-electron chi connectivity index (χ0n) is 12.5. The van der Waals surface area contributed by atoms with E-state index in [-0.39, 0.29) is 17.9 Å². The first-order valence-corrected chi connectivity index (χ1v) is 6.82. The van der Waals surface area contributed by atoms with Crippen LogP contribution in [0.15, 0.2) is 24.3 Å². The number of rotatable bonds is 9. The Bertz CT molecular complexity index is 390. The molecule has 0 heterocycles. The maximum atomic E-state index is 13.7. The van der Waals surface area contributed by atoms with Gasteiger partial charge < -0.3 is 15.2 Å². The Balaban J connectivity index is 2.70. The Morgan fingerprint density at radius 2 is 1.95 bits per heavy atom. The first-order chi connectivity index (χ1) is 9.60. The molecular weight excluding hydrogens is 259 g/mol. The average molecular weight is 284 g/mol. The molecule has 0 aromatic heterocycles. The van der Waals surface area contributed by atoms with E-state index in [1.165, 1.54) is 6.07 Å². The minimum atomic E-state index is -0.368. The molecule has 0 aliphatic heterocycles. The van der Waals surface area contributed by atoms with Crippen LogP contribution in [0, 0.1) is 5.82 Å². The van der Waals surface area contributed by atoms with Crippen molar-refractivity contribution < 1.29 is 13.9 Å². The Kier molecular flexibility index (Phi) is 7.69. The summed E-state index contributed by atoms with van der Waals surface area (Å²) in [5.41, 5.74) is 6.68. The van der Waals surface area contributed by atoms with Gasteiger partial charge in [0.1, 0.15) is 5.82 Å². The standard InChI is InChI=1S/C15H25FN2O2/c1-12(11-20-3)18(8-9-19-2)10-15(17)13-6-4-5-7-14(13)16/h4-7,12,15H,8-11,17H2,1-3H3. The summed E-state index contributed by atoms with van der Waals surface area (Å²) < 4.78 is 24.0. The van der Waals surface area contributed by atoms with Gasteiger partial charge in [-0.25, -0.2) is 4.39 Å². The molecule has 0 saturated heterocycles. The molecule has 0 saturated carbocycles. The first kappa shape index (κ1) is 17.0. The Morgan fingerprint density at radius 3 is 2.55 bits per heavy atom. The van der Waals surface area contributed by atoms with Gasteiger partial charge in [-0.05, 0) is 13.0 Å². The SMILES string of the molecule is COCCN(CC(N)c1ccccc1F)C(C)COC. The number of ether oxygens (including phenoxy) is 2. The second-order valence-electron chi connectivity index (χ2n) is 4.92. The number of benzene rings is 1. The largest absolute Gasteiger partial charge is 0.383 e. The zero-order chi connectivity index (χ0) is 15.0. The van der Waals surface area contributed by atoms with E-state index in [1.54, 1.807) is 32.4 Å². The van der Waals surface area contributed by atoms with Gasteiger partial charge in [-0.1, -0.05) is 18.2 Å². The number of halogens is 1. The number of nitrogens with zero attached hydrogens (tertiary/aromatic N) is 1. The Hall–Kier alpha value is -1.01. The predicted octanol–water partition coefficient (Wildman–Crippen LogP) is 1.81. The molecule has 1 aromatic rings. The molecule has 1 rings (SSSR count). The van der Waals surface area contributed by atoms with Gasteiger partial charge in [0.25, 0.3) is 0 Å². The highest BCUT2D eigenvalue weighted by Crippen LogP contribution is 2.16. The van der Waals surface area contributed by atoms with Crippen molar-refractivity contribution in [3.63, 3.8) is 0 Å². The van der Waals surface area contributed by atoms with Crippen molar-refractivity contribution in [1.29, 1.82) is 0 Å². The molecule has 0 aliphatic rings. The van der Waals surface area contributed by atoms with Crippen LogP contribution in [0.4, 0.5) is 4.39 Å². The molecule has 2 atom stereocenters. The number of hydrogen-bond acceptors (Lipinski definition) is 4. The van der Waals surface area contributed by atoms with Gasteiger partial charge >= 0.3 is 0 Å². The highest BCUT2D eigenvalue weighted by atomic mass is 19.1. The van der Waals surface area contributed by atoms with Crippen molar-refractivity contribution >= 4 is 0 Å². The van der Waals surface area contributed by atoms with Crippen molar-refractivity contribution in [2.45, 2.75) is 19.0 Å². The van der Waals surface area contributed by atoms with Gasteiger partial charge in [-0.2, -0.15) is 0 Å². The summed E-state index contributed by atoms with van der Waals surface area (Å²) in [7, 11) is 3.33. The third-order valence-corrected chi connectivity index (χ3v) is 3.35. The third kappa shape index (κ3) is 5.17. The molecule has 2 N–H and O–H groups in total. The quantitative estimate of drug-likeness (QED) is 0.751. The van der Waals surface area contributed by atoms with Crippen LogP contribution in [-0.2, 0) is 9.47 Å². The van der Waals surface area contributed by atoms with E-state index in [0.29, 0.717) is 25.3 Å². The summed E-state index contributed by atoms with van der Waals surface area (Å²) in [5.74, 6) is -0.258. The highest BCUT2D eigenvalue weighted by Gasteiger charge is 2.19. The molecule has 0 bridgehead atoms. The van der Waals surface area contributed by atoms with Crippen LogP contribution in [0.2, 0.25) is 0 Å². The van der Waals surface area contributed by atoms with Crippen molar-refractivity contribution in [2.75, 3.05) is 40.5 Å². The molecule has 0 amide bonds. The molecule has 2 unspecified atom stereocenters. The number of hydrogen-bond donors (Lipinski definition) is 1. The second kappa shape index (κ2) is 9.02. The molecular formula is C15H25FN2O2. The Labute approximate surface area is 120 Å². The summed E-state index contributed by atoms with van der Waals surface area (Å²) in [6, 6.07) is 6.47. The third-order valence-electron chi connectivity index (χ3n) is 3.35. The maximum absolute atomic E-state index is 13.7. The zero-order valence-corrected chi connectivity index (χ0v) is 12.5. The Morgan fingerprint density at radius 1 is 1.25 bits per heavy atom. The number of nitrogens with two attached hydrogens (primary N) is 1. The van der Waals surface area contributed by atoms with Crippen molar-refractivity contribution in [2.24, 2.45) is 5.73 Å². The molecule has 0 spiro atoms. The highest BCUT2D eigenvalue weighted by molar-refractivity contribution is 5.21. The van der Waals surface area contributed by atoms with Crippen molar-refractivity contribution in [1.82, 2.24) is 4.90 Å². The lowest BCUT2D eigenvalue weighted by Crippen LogP contribution is -2.42. The molecule has 4 nitrogen and oxygen atoms in total. The fourth-order valence-corrected chi connectivity index (χ4v) is 2.17. The summed E-state index contributed by atoms with van der Waals surface area (Å²) in [4.78, 5) is 2.16. The van der Waals surface area contributed by atoms with Gasteiger partial charge in [0.15, 0.2) is 0 Å². The van der Waals surface area contributed by atoms with Crippen LogP contribution in [0.3, 0.4) is 0 Å². The lowest BCUT2D eigenvalue weighted by molar-refractivity contribution is 0.0711. The normalized spacial score (nSPS) is 14.5. The summed E-state index contributed by atoms with van der Waals surface area (Å²) in [6.07, 6.45) is 0. The van der Waals surface area contributed by atoms with Crippen LogP contribution in [0.5, 0.6) is 0 Å². The minimum absolute atomic E-state index is 0.202. The summed E-state index contributed by atoms with van der Waals surface area (Å²) in [5, 5.41) is 0. The van der Waals surface area contributed by atoms with Gasteiger partial charge in [0.2, 0.25) is 0 Å². The maximum Gasteiger partial charge on any atom is 0.128 e.